The van der Waals surface area contributed by atoms with Gasteiger partial charge in [0.15, 0.2) is 0 Å². The number of aromatic nitrogens is 1. The summed E-state index contributed by atoms with van der Waals surface area (Å²) in [5, 5.41) is 0. The summed E-state index contributed by atoms with van der Waals surface area (Å²) in [7, 11) is 0. The van der Waals surface area contributed by atoms with Gasteiger partial charge in [-0.2, -0.15) is 0 Å². The number of rotatable bonds is 1. The fraction of sp³-hybridized carbons (Fsp3) is 0.0714. The van der Waals surface area contributed by atoms with E-state index in [0.29, 0.717) is 0 Å². The zero-order valence-electron chi connectivity index (χ0n) is 8.48. The van der Waals surface area contributed by atoms with E-state index < -0.39 is 0 Å². The second-order valence-electron chi connectivity index (χ2n) is 3.35. The average Bonchev–Trinajstić information content (AvgIpc) is 2.74. The lowest BCUT2D eigenvalue weighted by Gasteiger charge is -1.93. The van der Waals surface area contributed by atoms with Crippen molar-refractivity contribution in [2.24, 2.45) is 0 Å². The van der Waals surface area contributed by atoms with Gasteiger partial charge in [0.1, 0.15) is 0 Å². The van der Waals surface area contributed by atoms with Gasteiger partial charge < -0.3 is 4.57 Å². The van der Waals surface area contributed by atoms with Crippen molar-refractivity contribution in [3.63, 3.8) is 0 Å². The Bertz CT molecular complexity index is 466. The summed E-state index contributed by atoms with van der Waals surface area (Å²) in [5.41, 5.74) is 2.06. The molecule has 0 bridgehead atoms. The molecule has 0 fully saturated rings. The van der Waals surface area contributed by atoms with Gasteiger partial charge in [-0.3, -0.25) is 0 Å². The van der Waals surface area contributed by atoms with Gasteiger partial charge in [0.05, 0.1) is 6.54 Å². The van der Waals surface area contributed by atoms with Gasteiger partial charge in [-0.15, -0.1) is 0 Å². The third kappa shape index (κ3) is 2.75. The first-order chi connectivity index (χ1) is 7.34. The van der Waals surface area contributed by atoms with Gasteiger partial charge in [-0.1, -0.05) is 24.0 Å². The maximum atomic E-state index is 3.83. The van der Waals surface area contributed by atoms with E-state index in [1.807, 2.05) is 53.4 Å². The van der Waals surface area contributed by atoms with Crippen LogP contribution in [0.5, 0.6) is 0 Å². The first-order valence-corrected chi connectivity index (χ1v) is 4.86. The van der Waals surface area contributed by atoms with Crippen LogP contribution in [0.2, 0.25) is 0 Å². The van der Waals surface area contributed by atoms with Crippen LogP contribution in [0.3, 0.4) is 0 Å². The van der Waals surface area contributed by atoms with Crippen molar-refractivity contribution in [2.45, 2.75) is 6.54 Å². The topological polar surface area (TPSA) is 4.93 Å². The van der Waals surface area contributed by atoms with Crippen LogP contribution in [0.25, 0.3) is 0 Å². The molecule has 0 amide bonds. The van der Waals surface area contributed by atoms with Crippen LogP contribution in [0, 0.1) is 18.8 Å². The Balaban J connectivity index is 2.03. The van der Waals surface area contributed by atoms with Gasteiger partial charge in [0, 0.05) is 18.0 Å². The first-order valence-electron chi connectivity index (χ1n) is 4.86. The Morgan fingerprint density at radius 1 is 1.07 bits per heavy atom. The van der Waals surface area contributed by atoms with Crippen LogP contribution in [-0.4, -0.2) is 4.57 Å². The number of benzene rings is 1. The predicted molar refractivity (Wildman–Crippen MR) is 62.2 cm³/mol. The molecule has 73 valence electrons. The molecule has 1 heterocycles. The van der Waals surface area contributed by atoms with Crippen molar-refractivity contribution in [3.05, 3.63) is 66.8 Å². The van der Waals surface area contributed by atoms with E-state index in [0.717, 1.165) is 17.7 Å². The highest BCUT2D eigenvalue weighted by molar-refractivity contribution is 5.36. The Hall–Kier alpha value is -1.94. The summed E-state index contributed by atoms with van der Waals surface area (Å²) in [6.07, 6.45) is 4.02. The van der Waals surface area contributed by atoms with Gasteiger partial charge in [0.25, 0.3) is 0 Å². The monoisotopic (exact) mass is 194 g/mol. The van der Waals surface area contributed by atoms with E-state index in [9.17, 15) is 0 Å². The Kier molecular flexibility index (Phi) is 2.90. The molecule has 0 unspecified atom stereocenters. The molecule has 1 nitrogen and oxygen atoms in total. The molecule has 0 spiro atoms. The maximum absolute atomic E-state index is 3.83. The fourth-order valence-corrected chi connectivity index (χ4v) is 1.30. The lowest BCUT2D eigenvalue weighted by atomic mass is 10.2. The molecule has 0 aliphatic heterocycles. The maximum Gasteiger partial charge on any atom is 0.0835 e. The summed E-state index contributed by atoms with van der Waals surface area (Å²) in [4.78, 5) is 0. The number of hydrogen-bond acceptors (Lipinski definition) is 0. The van der Waals surface area contributed by atoms with Gasteiger partial charge >= 0.3 is 0 Å². The van der Waals surface area contributed by atoms with Crippen LogP contribution >= 0.6 is 0 Å². The minimum Gasteiger partial charge on any atom is -0.343 e. The molecule has 0 atom stereocenters. The van der Waals surface area contributed by atoms with E-state index in [1.165, 1.54) is 0 Å². The predicted octanol–water partition coefficient (Wildman–Crippen LogP) is 2.72. The lowest BCUT2D eigenvalue weighted by Crippen LogP contribution is -1.89. The van der Waals surface area contributed by atoms with E-state index in [1.54, 1.807) is 0 Å². The summed E-state index contributed by atoms with van der Waals surface area (Å²) in [6.45, 7) is 4.57. The molecule has 1 aromatic carbocycles. The second-order valence-corrected chi connectivity index (χ2v) is 3.35. The molecule has 0 saturated carbocycles. The molecule has 2 rings (SSSR count). The molecule has 0 aliphatic carbocycles. The summed E-state index contributed by atoms with van der Waals surface area (Å²) >= 11 is 0. The van der Waals surface area contributed by atoms with E-state index >= 15 is 0 Å². The molecule has 15 heavy (non-hydrogen) atoms. The molecule has 2 aromatic rings. The molecule has 1 radical (unpaired) electrons. The second kappa shape index (κ2) is 4.52. The molecule has 1 heteroatoms. The van der Waals surface area contributed by atoms with Crippen molar-refractivity contribution >= 4 is 0 Å². The fourth-order valence-electron chi connectivity index (χ4n) is 1.30. The molecular weight excluding hydrogens is 182 g/mol. The number of nitrogens with zero attached hydrogens (tertiary/aromatic N) is 1. The molecular formula is C14H12N. The van der Waals surface area contributed by atoms with Crippen LogP contribution in [0.15, 0.2) is 48.8 Å². The minimum atomic E-state index is 0.735. The van der Waals surface area contributed by atoms with Crippen LogP contribution in [-0.2, 0) is 6.54 Å². The van der Waals surface area contributed by atoms with Gasteiger partial charge in [-0.05, 0) is 36.8 Å². The largest absolute Gasteiger partial charge is 0.343 e. The molecule has 1 aromatic heterocycles. The smallest absolute Gasteiger partial charge is 0.0835 e. The zero-order valence-corrected chi connectivity index (χ0v) is 8.48. The Morgan fingerprint density at radius 2 is 1.73 bits per heavy atom. The summed E-state index contributed by atoms with van der Waals surface area (Å²) in [6, 6.07) is 11.9. The van der Waals surface area contributed by atoms with E-state index in [-0.39, 0.29) is 0 Å². The first kappa shape index (κ1) is 9.61. The minimum absolute atomic E-state index is 0.735. The Morgan fingerprint density at radius 3 is 2.40 bits per heavy atom. The third-order valence-electron chi connectivity index (χ3n) is 2.11. The number of hydrogen-bond donors (Lipinski definition) is 0. The van der Waals surface area contributed by atoms with Gasteiger partial charge in [-0.25, -0.2) is 0 Å². The van der Waals surface area contributed by atoms with Crippen LogP contribution in [0.4, 0.5) is 0 Å². The highest BCUT2D eigenvalue weighted by Gasteiger charge is 1.86. The van der Waals surface area contributed by atoms with Gasteiger partial charge in [0.2, 0.25) is 0 Å². The van der Waals surface area contributed by atoms with Crippen molar-refractivity contribution < 1.29 is 0 Å². The average molecular weight is 194 g/mol. The van der Waals surface area contributed by atoms with E-state index in [2.05, 4.69) is 18.8 Å². The lowest BCUT2D eigenvalue weighted by molar-refractivity contribution is 0.850. The SMILES string of the molecule is [CH2]c1ccc(C#CCn2cccc2)cc1. The standard InChI is InChI=1S/C14H12N/c1-13-6-8-14(9-7-13)5-4-12-15-10-2-3-11-15/h2-3,6-11H,1,12H2. The van der Waals surface area contributed by atoms with Crippen molar-refractivity contribution in [3.8, 4) is 11.8 Å². The van der Waals surface area contributed by atoms with Crippen molar-refractivity contribution in [1.82, 2.24) is 4.57 Å². The van der Waals surface area contributed by atoms with Crippen LogP contribution < -0.4 is 0 Å². The van der Waals surface area contributed by atoms with Crippen molar-refractivity contribution in [1.29, 1.82) is 0 Å². The normalized spacial score (nSPS) is 9.40. The third-order valence-corrected chi connectivity index (χ3v) is 2.11. The highest BCUT2D eigenvalue weighted by Crippen LogP contribution is 2.00. The van der Waals surface area contributed by atoms with Crippen molar-refractivity contribution in [2.75, 3.05) is 0 Å². The molecule has 0 aliphatic rings. The Labute approximate surface area is 90.4 Å². The van der Waals surface area contributed by atoms with E-state index in [4.69, 9.17) is 0 Å². The van der Waals surface area contributed by atoms with Crippen LogP contribution in [0.1, 0.15) is 11.1 Å². The zero-order chi connectivity index (χ0) is 10.5. The summed E-state index contributed by atoms with van der Waals surface area (Å²) in [5.74, 6) is 6.23. The highest BCUT2D eigenvalue weighted by atomic mass is 14.9. The quantitative estimate of drug-likeness (QED) is 0.615. The summed E-state index contributed by atoms with van der Waals surface area (Å²) < 4.78 is 2.04. The molecule has 0 saturated heterocycles. The molecule has 0 N–H and O–H groups in total.